The zero-order chi connectivity index (χ0) is 29.1. The molecule has 12 nitrogen and oxygen atoms in total. The molecule has 5 rings (SSSR count). The summed E-state index contributed by atoms with van der Waals surface area (Å²) in [5.41, 5.74) is -0.438. The third-order valence-corrected chi connectivity index (χ3v) is 8.74. The molecular weight excluding hydrogens is 524 g/mol. The average molecular weight is 559 g/mol. The van der Waals surface area contributed by atoms with Crippen molar-refractivity contribution in [1.82, 2.24) is 10.2 Å². The summed E-state index contributed by atoms with van der Waals surface area (Å²) in [4.78, 5) is 39.2. The quantitative estimate of drug-likeness (QED) is 0.265. The zero-order valence-electron chi connectivity index (χ0n) is 22.5. The molecule has 2 bridgehead atoms. The number of carbonyl (C=O) groups is 3. The summed E-state index contributed by atoms with van der Waals surface area (Å²) in [6.07, 6.45) is -1.05. The molecular formula is C28H34N2O10. The Morgan fingerprint density at radius 2 is 2.02 bits per heavy atom. The van der Waals surface area contributed by atoms with E-state index in [0.29, 0.717) is 19.4 Å². The lowest BCUT2D eigenvalue weighted by molar-refractivity contribution is -0.175. The molecule has 2 aliphatic carbocycles. The highest BCUT2D eigenvalue weighted by molar-refractivity contribution is 5.84. The van der Waals surface area contributed by atoms with Crippen LogP contribution in [0, 0.1) is 0 Å². The monoisotopic (exact) mass is 558 g/mol. The van der Waals surface area contributed by atoms with Crippen LogP contribution >= 0.6 is 0 Å². The van der Waals surface area contributed by atoms with Crippen molar-refractivity contribution < 1.29 is 49.0 Å². The fraction of sp³-hybridized carbons (Fsp3) is 0.536. The standard InChI is InChI=1S/C28H34N2O10/c1-13(14(2)31)29-17(25(34)35)12-21(33)38-15(3)26(36)39-19-7-8-28(37)20-11-16-5-6-18(32)23-22(16)27(28,24(19)40-23)9-10-30(20)4/h5-7,14-15,17,20,24,29,31-32,37H,1,8-12H2,2-4H3,(H,34,35)/t14-,15-,17-,20+,24?,27?,28+/m0/s1. The van der Waals surface area contributed by atoms with Crippen LogP contribution < -0.4 is 10.1 Å². The lowest BCUT2D eigenvalue weighted by Crippen LogP contribution is -2.74. The second-order valence-electron chi connectivity index (χ2n) is 11.1. The van der Waals surface area contributed by atoms with Gasteiger partial charge in [-0.05, 0) is 58.0 Å². The van der Waals surface area contributed by atoms with Gasteiger partial charge in [-0.25, -0.2) is 9.59 Å². The van der Waals surface area contributed by atoms with Gasteiger partial charge in [0.25, 0.3) is 0 Å². The fourth-order valence-electron chi connectivity index (χ4n) is 6.64. The van der Waals surface area contributed by atoms with E-state index >= 15 is 0 Å². The predicted octanol–water partition coefficient (Wildman–Crippen LogP) is 0.472. The molecule has 0 saturated carbocycles. The number of phenols is 1. The van der Waals surface area contributed by atoms with E-state index in [1.165, 1.54) is 13.8 Å². The maximum Gasteiger partial charge on any atom is 0.352 e. The zero-order valence-corrected chi connectivity index (χ0v) is 22.5. The minimum atomic E-state index is -1.42. The Morgan fingerprint density at radius 1 is 1.30 bits per heavy atom. The third-order valence-electron chi connectivity index (χ3n) is 8.74. The Bertz CT molecular complexity index is 1310. The number of carboxylic acid groups (broad SMARTS) is 1. The van der Waals surface area contributed by atoms with Crippen molar-refractivity contribution >= 4 is 17.9 Å². The van der Waals surface area contributed by atoms with Gasteiger partial charge >= 0.3 is 17.9 Å². The van der Waals surface area contributed by atoms with Gasteiger partial charge in [-0.15, -0.1) is 0 Å². The number of hydrogen-bond acceptors (Lipinski definition) is 11. The number of piperidine rings is 1. The fourth-order valence-corrected chi connectivity index (χ4v) is 6.64. The summed E-state index contributed by atoms with van der Waals surface area (Å²) >= 11 is 0. The maximum atomic E-state index is 13.0. The van der Waals surface area contributed by atoms with Crippen LogP contribution in [0.25, 0.3) is 0 Å². The first kappa shape index (κ1) is 27.9. The van der Waals surface area contributed by atoms with Gasteiger partial charge in [-0.3, -0.25) is 4.79 Å². The number of nitrogens with zero attached hydrogens (tertiary/aromatic N) is 1. The second-order valence-corrected chi connectivity index (χ2v) is 11.1. The molecule has 1 spiro atoms. The van der Waals surface area contributed by atoms with Crippen LogP contribution in [0.15, 0.2) is 36.2 Å². The number of ether oxygens (including phenoxy) is 3. The number of aliphatic carboxylic acids is 1. The number of likely N-dealkylation sites (tertiary alicyclic amines) is 1. The lowest BCUT2D eigenvalue weighted by Gasteiger charge is -2.61. The van der Waals surface area contributed by atoms with Crippen molar-refractivity contribution in [2.45, 2.75) is 80.9 Å². The number of hydrogen-bond donors (Lipinski definition) is 5. The molecule has 0 radical (unpaired) electrons. The van der Waals surface area contributed by atoms with Gasteiger partial charge in [-0.2, -0.15) is 0 Å². The summed E-state index contributed by atoms with van der Waals surface area (Å²) in [5, 5.41) is 44.2. The largest absolute Gasteiger partial charge is 0.504 e. The number of carbonyl (C=O) groups excluding carboxylic acids is 2. The van der Waals surface area contributed by atoms with Crippen LogP contribution in [0.2, 0.25) is 0 Å². The number of phenolic OH excluding ortho intramolecular Hbond substituents is 1. The Labute approximate surface area is 230 Å². The summed E-state index contributed by atoms with van der Waals surface area (Å²) < 4.78 is 17.1. The Balaban J connectivity index is 1.33. The number of benzene rings is 1. The summed E-state index contributed by atoms with van der Waals surface area (Å²) in [6.45, 7) is 6.88. The average Bonchev–Trinajstić information content (AvgIpc) is 3.24. The van der Waals surface area contributed by atoms with E-state index in [1.54, 1.807) is 12.1 Å². The van der Waals surface area contributed by atoms with Gasteiger partial charge < -0.3 is 44.9 Å². The van der Waals surface area contributed by atoms with Crippen LogP contribution in [-0.4, -0.2) is 92.8 Å². The Hall–Kier alpha value is -3.61. The molecule has 0 amide bonds. The molecule has 12 heteroatoms. The molecule has 2 heterocycles. The first-order valence-electron chi connectivity index (χ1n) is 13.2. The van der Waals surface area contributed by atoms with Gasteiger partial charge in [0.1, 0.15) is 11.8 Å². The highest BCUT2D eigenvalue weighted by atomic mass is 16.6. The van der Waals surface area contributed by atoms with Crippen molar-refractivity contribution in [1.29, 1.82) is 0 Å². The minimum absolute atomic E-state index is 0.0156. The molecule has 7 atom stereocenters. The number of carboxylic acids is 1. The topological polar surface area (TPSA) is 175 Å². The molecule has 1 aromatic carbocycles. The van der Waals surface area contributed by atoms with Crippen LogP contribution in [0.1, 0.15) is 44.2 Å². The van der Waals surface area contributed by atoms with E-state index < -0.39 is 59.7 Å². The summed E-state index contributed by atoms with van der Waals surface area (Å²) in [5.74, 6) is -2.87. The van der Waals surface area contributed by atoms with Crippen LogP contribution in [-0.2, 0) is 35.7 Å². The van der Waals surface area contributed by atoms with Gasteiger partial charge in [-0.1, -0.05) is 12.6 Å². The van der Waals surface area contributed by atoms with Gasteiger partial charge in [0.2, 0.25) is 0 Å². The van der Waals surface area contributed by atoms with Gasteiger partial charge in [0, 0.05) is 23.7 Å². The summed E-state index contributed by atoms with van der Waals surface area (Å²) in [6, 6.07) is 1.78. The Morgan fingerprint density at radius 3 is 2.70 bits per heavy atom. The third kappa shape index (κ3) is 4.13. The van der Waals surface area contributed by atoms with Crippen LogP contribution in [0.3, 0.4) is 0 Å². The summed E-state index contributed by atoms with van der Waals surface area (Å²) in [7, 11) is 1.96. The van der Waals surface area contributed by atoms with E-state index in [2.05, 4.69) is 16.8 Å². The van der Waals surface area contributed by atoms with E-state index in [0.717, 1.165) is 11.1 Å². The minimum Gasteiger partial charge on any atom is -0.504 e. The molecule has 216 valence electrons. The number of nitrogens with one attached hydrogen (secondary N) is 1. The number of esters is 2. The van der Waals surface area contributed by atoms with E-state index in [4.69, 9.17) is 14.2 Å². The number of aromatic hydroxyl groups is 1. The lowest BCUT2D eigenvalue weighted by atomic mass is 9.50. The first-order chi connectivity index (χ1) is 18.8. The normalized spacial score (nSPS) is 30.1. The molecule has 1 saturated heterocycles. The van der Waals surface area contributed by atoms with Crippen molar-refractivity contribution in [2.75, 3.05) is 13.6 Å². The number of likely N-dealkylation sites (N-methyl/N-ethyl adjacent to an activating group) is 1. The molecule has 4 aliphatic rings. The molecule has 0 aromatic heterocycles. The van der Waals surface area contributed by atoms with Crippen LogP contribution in [0.5, 0.6) is 11.5 Å². The van der Waals surface area contributed by atoms with E-state index in [9.17, 15) is 34.8 Å². The number of rotatable bonds is 9. The SMILES string of the molecule is C=C(N[C@@H](CC(=O)O[C@@H](C)C(=O)OC1=CC[C@@]2(O)[C@H]3Cc4ccc(O)c5c4C2(CCN3C)C1O5)C(=O)O)[C@H](C)O. The molecule has 1 fully saturated rings. The molecule has 2 unspecified atom stereocenters. The highest BCUT2D eigenvalue weighted by Crippen LogP contribution is 2.65. The maximum absolute atomic E-state index is 13.0. The second kappa shape index (κ2) is 9.79. The van der Waals surface area contributed by atoms with Crippen molar-refractivity contribution in [3.8, 4) is 11.5 Å². The van der Waals surface area contributed by atoms with Crippen molar-refractivity contribution in [3.05, 3.63) is 47.4 Å². The van der Waals surface area contributed by atoms with E-state index in [-0.39, 0.29) is 35.4 Å². The molecule has 1 aromatic rings. The van der Waals surface area contributed by atoms with Crippen molar-refractivity contribution in [2.24, 2.45) is 0 Å². The first-order valence-corrected chi connectivity index (χ1v) is 13.2. The van der Waals surface area contributed by atoms with Crippen molar-refractivity contribution in [3.63, 3.8) is 0 Å². The van der Waals surface area contributed by atoms with Gasteiger partial charge in [0.05, 0.1) is 23.5 Å². The predicted molar refractivity (Wildman–Crippen MR) is 138 cm³/mol. The highest BCUT2D eigenvalue weighted by Gasteiger charge is 2.72. The molecule has 40 heavy (non-hydrogen) atoms. The Kier molecular flexibility index (Phi) is 6.84. The molecule has 5 N–H and O–H groups in total. The smallest absolute Gasteiger partial charge is 0.352 e. The number of aliphatic hydroxyl groups is 2. The van der Waals surface area contributed by atoms with Crippen LogP contribution in [0.4, 0.5) is 0 Å². The van der Waals surface area contributed by atoms with Gasteiger partial charge in [0.15, 0.2) is 23.7 Å². The number of aliphatic hydroxyl groups excluding tert-OH is 1. The molecule has 2 aliphatic heterocycles. The van der Waals surface area contributed by atoms with E-state index in [1.807, 2.05) is 13.1 Å².